The van der Waals surface area contributed by atoms with Gasteiger partial charge in [0.1, 0.15) is 0 Å². The Labute approximate surface area is 83.8 Å². The van der Waals surface area contributed by atoms with E-state index in [4.69, 9.17) is 5.11 Å². The van der Waals surface area contributed by atoms with E-state index in [-0.39, 0.29) is 6.42 Å². The van der Waals surface area contributed by atoms with Crippen molar-refractivity contribution in [3.8, 4) is 0 Å². The Kier molecular flexibility index (Phi) is 3.23. The fourth-order valence-corrected chi connectivity index (χ4v) is 1.35. The molecular formula is C11H15NO2. The molecule has 1 aromatic rings. The van der Waals surface area contributed by atoms with Gasteiger partial charge in [-0.1, -0.05) is 13.8 Å². The topological polar surface area (TPSA) is 50.2 Å². The first-order chi connectivity index (χ1) is 6.49. The number of carboxylic acid groups (broad SMARTS) is 1. The molecule has 0 atom stereocenters. The highest BCUT2D eigenvalue weighted by atomic mass is 16.4. The molecule has 0 radical (unpaired) electrons. The third kappa shape index (κ3) is 2.83. The Morgan fingerprint density at radius 1 is 1.50 bits per heavy atom. The molecule has 0 fully saturated rings. The second-order valence-corrected chi connectivity index (χ2v) is 3.76. The summed E-state index contributed by atoms with van der Waals surface area (Å²) >= 11 is 0. The Balaban J connectivity index is 3.01. The van der Waals surface area contributed by atoms with Gasteiger partial charge in [-0.05, 0) is 30.5 Å². The minimum Gasteiger partial charge on any atom is -0.481 e. The smallest absolute Gasteiger partial charge is 0.309 e. The van der Waals surface area contributed by atoms with Crippen LogP contribution in [0.5, 0.6) is 0 Å². The number of rotatable bonds is 3. The van der Waals surface area contributed by atoms with Crippen LogP contribution in [-0.4, -0.2) is 16.1 Å². The fraction of sp³-hybridized carbons (Fsp3) is 0.455. The molecule has 0 saturated heterocycles. The van der Waals surface area contributed by atoms with E-state index in [1.807, 2.05) is 19.1 Å². The van der Waals surface area contributed by atoms with Crippen LogP contribution in [0.25, 0.3) is 0 Å². The SMILES string of the molecule is Cc1cc(C(C)C)cc(CC(=O)O)n1. The standard InChI is InChI=1S/C11H15NO2/c1-7(2)9-4-8(3)12-10(5-9)6-11(13)14/h4-5,7H,6H2,1-3H3,(H,13,14). The van der Waals surface area contributed by atoms with Gasteiger partial charge in [0.15, 0.2) is 0 Å². The summed E-state index contributed by atoms with van der Waals surface area (Å²) in [6, 6.07) is 3.86. The zero-order valence-electron chi connectivity index (χ0n) is 8.74. The van der Waals surface area contributed by atoms with Crippen molar-refractivity contribution < 1.29 is 9.90 Å². The van der Waals surface area contributed by atoms with Crippen molar-refractivity contribution in [2.45, 2.75) is 33.1 Å². The molecule has 0 aliphatic carbocycles. The van der Waals surface area contributed by atoms with E-state index in [1.54, 1.807) is 0 Å². The van der Waals surface area contributed by atoms with Gasteiger partial charge in [0.25, 0.3) is 0 Å². The first-order valence-electron chi connectivity index (χ1n) is 4.68. The van der Waals surface area contributed by atoms with Crippen LogP contribution in [0.1, 0.15) is 36.7 Å². The lowest BCUT2D eigenvalue weighted by Crippen LogP contribution is -2.04. The van der Waals surface area contributed by atoms with Gasteiger partial charge in [-0.2, -0.15) is 0 Å². The first-order valence-corrected chi connectivity index (χ1v) is 4.68. The van der Waals surface area contributed by atoms with Gasteiger partial charge >= 0.3 is 5.97 Å². The van der Waals surface area contributed by atoms with E-state index in [0.29, 0.717) is 11.6 Å². The van der Waals surface area contributed by atoms with Crippen LogP contribution in [-0.2, 0) is 11.2 Å². The molecule has 3 heteroatoms. The summed E-state index contributed by atoms with van der Waals surface area (Å²) in [7, 11) is 0. The van der Waals surface area contributed by atoms with Crippen LogP contribution in [0.15, 0.2) is 12.1 Å². The van der Waals surface area contributed by atoms with Crippen LogP contribution in [0.4, 0.5) is 0 Å². The van der Waals surface area contributed by atoms with E-state index in [2.05, 4.69) is 18.8 Å². The van der Waals surface area contributed by atoms with Crippen molar-refractivity contribution in [3.63, 3.8) is 0 Å². The number of hydrogen-bond acceptors (Lipinski definition) is 2. The average Bonchev–Trinajstić information content (AvgIpc) is 2.01. The van der Waals surface area contributed by atoms with Crippen molar-refractivity contribution in [1.82, 2.24) is 4.98 Å². The summed E-state index contributed by atoms with van der Waals surface area (Å²) in [5, 5.41) is 8.65. The number of nitrogens with zero attached hydrogens (tertiary/aromatic N) is 1. The minimum absolute atomic E-state index is 0.00139. The zero-order chi connectivity index (χ0) is 10.7. The molecule has 0 spiro atoms. The minimum atomic E-state index is -0.835. The molecular weight excluding hydrogens is 178 g/mol. The van der Waals surface area contributed by atoms with Crippen LogP contribution < -0.4 is 0 Å². The molecule has 3 nitrogen and oxygen atoms in total. The van der Waals surface area contributed by atoms with Gasteiger partial charge in [-0.15, -0.1) is 0 Å². The normalized spacial score (nSPS) is 10.6. The van der Waals surface area contributed by atoms with Gasteiger partial charge in [-0.25, -0.2) is 0 Å². The molecule has 0 aliphatic heterocycles. The maximum atomic E-state index is 10.5. The molecule has 1 heterocycles. The van der Waals surface area contributed by atoms with E-state index in [0.717, 1.165) is 11.3 Å². The average molecular weight is 193 g/mol. The second-order valence-electron chi connectivity index (χ2n) is 3.76. The summed E-state index contributed by atoms with van der Waals surface area (Å²) in [5.41, 5.74) is 2.67. The molecule has 76 valence electrons. The van der Waals surface area contributed by atoms with Crippen molar-refractivity contribution in [3.05, 3.63) is 29.1 Å². The van der Waals surface area contributed by atoms with Crippen molar-refractivity contribution in [2.24, 2.45) is 0 Å². The summed E-state index contributed by atoms with van der Waals surface area (Å²) in [5.74, 6) is -0.429. The van der Waals surface area contributed by atoms with Gasteiger partial charge < -0.3 is 5.11 Å². The highest BCUT2D eigenvalue weighted by molar-refractivity contribution is 5.69. The summed E-state index contributed by atoms with van der Waals surface area (Å²) in [6.07, 6.45) is 0.00139. The molecule has 0 saturated carbocycles. The number of aryl methyl sites for hydroxylation is 1. The van der Waals surface area contributed by atoms with E-state index < -0.39 is 5.97 Å². The third-order valence-electron chi connectivity index (χ3n) is 2.03. The predicted octanol–water partition coefficient (Wildman–Crippen LogP) is 2.14. The molecule has 14 heavy (non-hydrogen) atoms. The molecule has 1 rings (SSSR count). The molecule has 0 amide bonds. The summed E-state index contributed by atoms with van der Waals surface area (Å²) < 4.78 is 0. The van der Waals surface area contributed by atoms with E-state index in [1.165, 1.54) is 0 Å². The number of carboxylic acids is 1. The van der Waals surface area contributed by atoms with Crippen LogP contribution >= 0.6 is 0 Å². The quantitative estimate of drug-likeness (QED) is 0.800. The molecule has 0 bridgehead atoms. The maximum absolute atomic E-state index is 10.5. The van der Waals surface area contributed by atoms with E-state index in [9.17, 15) is 4.79 Å². The number of pyridine rings is 1. The van der Waals surface area contributed by atoms with Gasteiger partial charge in [-0.3, -0.25) is 9.78 Å². The van der Waals surface area contributed by atoms with Gasteiger partial charge in [0.2, 0.25) is 0 Å². The largest absolute Gasteiger partial charge is 0.481 e. The Morgan fingerprint density at radius 3 is 2.64 bits per heavy atom. The van der Waals surface area contributed by atoms with Gasteiger partial charge in [0.05, 0.1) is 12.1 Å². The molecule has 0 aliphatic rings. The van der Waals surface area contributed by atoms with Crippen LogP contribution in [0.3, 0.4) is 0 Å². The van der Waals surface area contributed by atoms with Crippen LogP contribution in [0.2, 0.25) is 0 Å². The number of aromatic nitrogens is 1. The lowest BCUT2D eigenvalue weighted by atomic mass is 10.0. The fourth-order valence-electron chi connectivity index (χ4n) is 1.35. The summed E-state index contributed by atoms with van der Waals surface area (Å²) in [4.78, 5) is 14.7. The van der Waals surface area contributed by atoms with Crippen molar-refractivity contribution in [1.29, 1.82) is 0 Å². The summed E-state index contributed by atoms with van der Waals surface area (Å²) in [6.45, 7) is 6.05. The molecule has 0 unspecified atom stereocenters. The van der Waals surface area contributed by atoms with E-state index >= 15 is 0 Å². The molecule has 1 N–H and O–H groups in total. The predicted molar refractivity (Wildman–Crippen MR) is 54.4 cm³/mol. The lowest BCUT2D eigenvalue weighted by molar-refractivity contribution is -0.136. The Bertz CT molecular complexity index is 345. The lowest BCUT2D eigenvalue weighted by Gasteiger charge is -2.08. The molecule has 0 aromatic carbocycles. The number of hydrogen-bond donors (Lipinski definition) is 1. The van der Waals surface area contributed by atoms with Gasteiger partial charge in [0, 0.05) is 5.69 Å². The third-order valence-corrected chi connectivity index (χ3v) is 2.03. The van der Waals surface area contributed by atoms with Crippen molar-refractivity contribution >= 4 is 5.97 Å². The van der Waals surface area contributed by atoms with Crippen molar-refractivity contribution in [2.75, 3.05) is 0 Å². The molecule has 1 aromatic heterocycles. The zero-order valence-corrected chi connectivity index (χ0v) is 8.74. The second kappa shape index (κ2) is 4.22. The van der Waals surface area contributed by atoms with Crippen LogP contribution in [0, 0.1) is 6.92 Å². The highest BCUT2D eigenvalue weighted by Gasteiger charge is 2.06. The Morgan fingerprint density at radius 2 is 2.14 bits per heavy atom. The number of aliphatic carboxylic acids is 1. The first kappa shape index (κ1) is 10.7. The monoisotopic (exact) mass is 193 g/mol. The highest BCUT2D eigenvalue weighted by Crippen LogP contribution is 2.16. The number of carbonyl (C=O) groups is 1. The Hall–Kier alpha value is -1.38. The maximum Gasteiger partial charge on any atom is 0.309 e.